The summed E-state index contributed by atoms with van der Waals surface area (Å²) in [6.45, 7) is 5.63. The maximum Gasteiger partial charge on any atom is 0.122 e. The third-order valence-electron chi connectivity index (χ3n) is 3.81. The van der Waals surface area contributed by atoms with E-state index in [1.54, 1.807) is 0 Å². The minimum Gasteiger partial charge on any atom is -0.494 e. The molecule has 2 aromatic carbocycles. The lowest BCUT2D eigenvalue weighted by Gasteiger charge is -2.12. The van der Waals surface area contributed by atoms with Crippen molar-refractivity contribution in [2.45, 2.75) is 39.5 Å². The molecule has 0 fully saturated rings. The van der Waals surface area contributed by atoms with Gasteiger partial charge in [0.15, 0.2) is 0 Å². The molecule has 0 radical (unpaired) electrons. The molecule has 0 amide bonds. The average Bonchev–Trinajstić information content (AvgIpc) is 2.54. The Hall–Kier alpha value is -1.41. The fourth-order valence-corrected chi connectivity index (χ4v) is 2.63. The Morgan fingerprint density at radius 3 is 2.59 bits per heavy atom. The molecule has 0 N–H and O–H groups in total. The second-order valence-corrected chi connectivity index (χ2v) is 5.90. The summed E-state index contributed by atoms with van der Waals surface area (Å²) in [6.07, 6.45) is 4.90. The van der Waals surface area contributed by atoms with Crippen LogP contribution in [0, 0.1) is 6.92 Å². The number of halogens is 1. The van der Waals surface area contributed by atoms with Crippen LogP contribution >= 0.6 is 11.6 Å². The van der Waals surface area contributed by atoms with E-state index in [0.717, 1.165) is 30.1 Å². The summed E-state index contributed by atoms with van der Waals surface area (Å²) >= 11 is 5.68. The maximum absolute atomic E-state index is 5.85. The van der Waals surface area contributed by atoms with Crippen LogP contribution in [-0.4, -0.2) is 19.1 Å². The molecule has 3 heteroatoms. The first-order chi connectivity index (χ1) is 10.8. The van der Waals surface area contributed by atoms with Gasteiger partial charge >= 0.3 is 0 Å². The fourth-order valence-electron chi connectivity index (χ4n) is 2.56. The van der Waals surface area contributed by atoms with Crippen LogP contribution < -0.4 is 9.47 Å². The highest BCUT2D eigenvalue weighted by Crippen LogP contribution is 2.30. The van der Waals surface area contributed by atoms with Crippen LogP contribution in [0.25, 0.3) is 10.8 Å². The number of unbranched alkanes of at least 4 members (excludes halogenated alkanes) is 3. The zero-order valence-corrected chi connectivity index (χ0v) is 14.3. The van der Waals surface area contributed by atoms with Crippen LogP contribution in [0.5, 0.6) is 11.5 Å². The lowest BCUT2D eigenvalue weighted by atomic mass is 10.0. The molecule has 2 nitrogen and oxygen atoms in total. The van der Waals surface area contributed by atoms with Crippen LogP contribution in [-0.2, 0) is 0 Å². The molecule has 0 unspecified atom stereocenters. The molecule has 0 aliphatic heterocycles. The van der Waals surface area contributed by atoms with Crippen molar-refractivity contribution in [3.8, 4) is 11.5 Å². The van der Waals surface area contributed by atoms with Crippen LogP contribution in [0.3, 0.4) is 0 Å². The average molecular weight is 321 g/mol. The maximum atomic E-state index is 5.85. The van der Waals surface area contributed by atoms with Crippen LogP contribution in [0.2, 0.25) is 0 Å². The van der Waals surface area contributed by atoms with E-state index in [2.05, 4.69) is 32.0 Å². The summed E-state index contributed by atoms with van der Waals surface area (Å²) in [5.74, 6) is 2.35. The SMILES string of the molecule is CCCCCCOc1ccc2c(C)c(OCCCl)ccc2c1. The number of hydrogen-bond donors (Lipinski definition) is 0. The summed E-state index contributed by atoms with van der Waals surface area (Å²) in [4.78, 5) is 0. The summed E-state index contributed by atoms with van der Waals surface area (Å²) in [7, 11) is 0. The van der Waals surface area contributed by atoms with Crippen molar-refractivity contribution in [3.05, 3.63) is 35.9 Å². The van der Waals surface area contributed by atoms with E-state index in [0.29, 0.717) is 12.5 Å². The smallest absolute Gasteiger partial charge is 0.122 e. The molecular weight excluding hydrogens is 296 g/mol. The number of rotatable bonds is 9. The molecule has 0 bridgehead atoms. The minimum atomic E-state index is 0.502. The number of aryl methyl sites for hydroxylation is 1. The number of ether oxygens (including phenoxy) is 2. The van der Waals surface area contributed by atoms with Crippen molar-refractivity contribution in [3.63, 3.8) is 0 Å². The van der Waals surface area contributed by atoms with Gasteiger partial charge in [0.05, 0.1) is 12.5 Å². The van der Waals surface area contributed by atoms with Crippen molar-refractivity contribution >= 4 is 22.4 Å². The van der Waals surface area contributed by atoms with Gasteiger partial charge in [-0.05, 0) is 47.9 Å². The van der Waals surface area contributed by atoms with Gasteiger partial charge in [-0.1, -0.05) is 38.3 Å². The third kappa shape index (κ3) is 4.54. The number of hydrogen-bond acceptors (Lipinski definition) is 2. The van der Waals surface area contributed by atoms with Gasteiger partial charge in [0.25, 0.3) is 0 Å². The lowest BCUT2D eigenvalue weighted by Crippen LogP contribution is -2.00. The van der Waals surface area contributed by atoms with Crippen LogP contribution in [0.4, 0.5) is 0 Å². The van der Waals surface area contributed by atoms with Gasteiger partial charge in [0.1, 0.15) is 18.1 Å². The molecule has 22 heavy (non-hydrogen) atoms. The summed E-state index contributed by atoms with van der Waals surface area (Å²) in [5.41, 5.74) is 1.15. The van der Waals surface area contributed by atoms with Crippen molar-refractivity contribution < 1.29 is 9.47 Å². The van der Waals surface area contributed by atoms with E-state index >= 15 is 0 Å². The standard InChI is InChI=1S/C19H25ClO2/c1-3-4-5-6-12-21-17-8-9-18-15(2)19(22-13-11-20)10-7-16(18)14-17/h7-10,14H,3-6,11-13H2,1-2H3. The Bertz CT molecular complexity index is 595. The first kappa shape index (κ1) is 17.0. The zero-order chi connectivity index (χ0) is 15.8. The van der Waals surface area contributed by atoms with Gasteiger partial charge in [-0.2, -0.15) is 0 Å². The monoisotopic (exact) mass is 320 g/mol. The third-order valence-corrected chi connectivity index (χ3v) is 3.97. The van der Waals surface area contributed by atoms with Gasteiger partial charge in [-0.25, -0.2) is 0 Å². The Kier molecular flexibility index (Phi) is 6.85. The highest BCUT2D eigenvalue weighted by molar-refractivity contribution is 6.18. The normalized spacial score (nSPS) is 10.9. The highest BCUT2D eigenvalue weighted by atomic mass is 35.5. The quantitative estimate of drug-likeness (QED) is 0.434. The van der Waals surface area contributed by atoms with E-state index in [1.807, 2.05) is 12.1 Å². The summed E-state index contributed by atoms with van der Waals surface area (Å²) in [6, 6.07) is 10.3. The Morgan fingerprint density at radius 1 is 0.955 bits per heavy atom. The van der Waals surface area contributed by atoms with Crippen molar-refractivity contribution in [2.75, 3.05) is 19.1 Å². The van der Waals surface area contributed by atoms with E-state index in [1.165, 1.54) is 30.0 Å². The molecule has 0 aliphatic rings. The molecule has 2 rings (SSSR count). The Balaban J connectivity index is 2.04. The van der Waals surface area contributed by atoms with Crippen molar-refractivity contribution in [1.29, 1.82) is 0 Å². The Labute approximate surface area is 138 Å². The molecule has 0 spiro atoms. The molecule has 0 saturated heterocycles. The van der Waals surface area contributed by atoms with Crippen molar-refractivity contribution in [2.24, 2.45) is 0 Å². The molecule has 0 saturated carbocycles. The number of alkyl halides is 1. The number of fused-ring (bicyclic) bond motifs is 1. The predicted molar refractivity (Wildman–Crippen MR) is 94.5 cm³/mol. The van der Waals surface area contributed by atoms with Crippen LogP contribution in [0.1, 0.15) is 38.2 Å². The van der Waals surface area contributed by atoms with Gasteiger partial charge in [0, 0.05) is 0 Å². The van der Waals surface area contributed by atoms with Gasteiger partial charge in [0.2, 0.25) is 0 Å². The summed E-state index contributed by atoms with van der Waals surface area (Å²) < 4.78 is 11.5. The van der Waals surface area contributed by atoms with E-state index in [9.17, 15) is 0 Å². The molecule has 0 heterocycles. The van der Waals surface area contributed by atoms with E-state index in [-0.39, 0.29) is 0 Å². The van der Waals surface area contributed by atoms with Gasteiger partial charge in [-0.15, -0.1) is 11.6 Å². The van der Waals surface area contributed by atoms with Gasteiger partial charge < -0.3 is 9.47 Å². The molecular formula is C19H25ClO2. The predicted octanol–water partition coefficient (Wildman–Crippen LogP) is 5.72. The number of benzene rings is 2. The van der Waals surface area contributed by atoms with E-state index < -0.39 is 0 Å². The van der Waals surface area contributed by atoms with Crippen molar-refractivity contribution in [1.82, 2.24) is 0 Å². The Morgan fingerprint density at radius 2 is 1.82 bits per heavy atom. The minimum absolute atomic E-state index is 0.502. The summed E-state index contributed by atoms with van der Waals surface area (Å²) in [5, 5.41) is 2.38. The second-order valence-electron chi connectivity index (χ2n) is 5.52. The zero-order valence-electron chi connectivity index (χ0n) is 13.5. The fraction of sp³-hybridized carbons (Fsp3) is 0.474. The first-order valence-electron chi connectivity index (χ1n) is 8.11. The van der Waals surface area contributed by atoms with E-state index in [4.69, 9.17) is 21.1 Å². The molecule has 0 aliphatic carbocycles. The topological polar surface area (TPSA) is 18.5 Å². The van der Waals surface area contributed by atoms with Gasteiger partial charge in [-0.3, -0.25) is 0 Å². The van der Waals surface area contributed by atoms with Crippen LogP contribution in [0.15, 0.2) is 30.3 Å². The second kappa shape index (κ2) is 8.89. The highest BCUT2D eigenvalue weighted by Gasteiger charge is 2.06. The largest absolute Gasteiger partial charge is 0.494 e. The molecule has 0 aromatic heterocycles. The molecule has 120 valence electrons. The lowest BCUT2D eigenvalue weighted by molar-refractivity contribution is 0.305. The molecule has 0 atom stereocenters. The first-order valence-corrected chi connectivity index (χ1v) is 8.64. The molecule has 2 aromatic rings.